The first-order valence-electron chi connectivity index (χ1n) is 9.89. The molecule has 2 aromatic heterocycles. The molecule has 0 amide bonds. The third kappa shape index (κ3) is 4.74. The topological polar surface area (TPSA) is 58.4 Å². The third-order valence-corrected chi connectivity index (χ3v) is 7.19. The Bertz CT molecular complexity index is 784. The van der Waals surface area contributed by atoms with Gasteiger partial charge in [-0.2, -0.15) is 0 Å². The molecule has 0 N–H and O–H groups in total. The lowest BCUT2D eigenvalue weighted by Gasteiger charge is -2.32. The highest BCUT2D eigenvalue weighted by molar-refractivity contribution is 6.76. The average molecular weight is 401 g/mol. The molecule has 0 bridgehead atoms. The number of nitrogens with zero attached hydrogens (tertiary/aromatic N) is 3. The number of imidazole rings is 1. The van der Waals surface area contributed by atoms with Crippen molar-refractivity contribution in [3.05, 3.63) is 30.7 Å². The maximum absolute atomic E-state index is 6.10. The number of rotatable bonds is 7. The van der Waals surface area contributed by atoms with Crippen LogP contribution in [0.25, 0.3) is 11.5 Å². The minimum Gasteiger partial charge on any atom is -0.399 e. The molecule has 1 aliphatic heterocycles. The quantitative estimate of drug-likeness (QED) is 0.525. The molecule has 1 fully saturated rings. The molecule has 0 atom stereocenters. The van der Waals surface area contributed by atoms with E-state index in [9.17, 15) is 0 Å². The van der Waals surface area contributed by atoms with Crippen LogP contribution in [0.4, 0.5) is 0 Å². The van der Waals surface area contributed by atoms with E-state index in [0.29, 0.717) is 6.73 Å². The molecule has 0 aliphatic carbocycles. The Balaban J connectivity index is 1.66. The van der Waals surface area contributed by atoms with Crippen LogP contribution in [-0.4, -0.2) is 47.5 Å². The summed E-state index contributed by atoms with van der Waals surface area (Å²) in [5.41, 5.74) is 0.991. The van der Waals surface area contributed by atoms with E-state index in [-0.39, 0.29) is 11.2 Å². The predicted octanol–water partition coefficient (Wildman–Crippen LogP) is 3.56. The second-order valence-corrected chi connectivity index (χ2v) is 15.3. The van der Waals surface area contributed by atoms with Crippen LogP contribution in [0.5, 0.6) is 0 Å². The summed E-state index contributed by atoms with van der Waals surface area (Å²) < 4.78 is 20.0. The smallest absolute Gasteiger partial charge is 0.399 e. The van der Waals surface area contributed by atoms with Crippen molar-refractivity contribution in [3.63, 3.8) is 0 Å². The number of pyridine rings is 1. The van der Waals surface area contributed by atoms with Gasteiger partial charge in [0.1, 0.15) is 12.4 Å². The molecule has 0 aromatic carbocycles. The van der Waals surface area contributed by atoms with Gasteiger partial charge in [-0.3, -0.25) is 4.98 Å². The lowest BCUT2D eigenvalue weighted by Crippen LogP contribution is -2.41. The Labute approximate surface area is 169 Å². The molecule has 8 heteroatoms. The molecular formula is C20H32BN3O3Si. The third-order valence-electron chi connectivity index (χ3n) is 5.48. The molecule has 6 nitrogen and oxygen atoms in total. The van der Waals surface area contributed by atoms with Gasteiger partial charge in [-0.15, -0.1) is 0 Å². The van der Waals surface area contributed by atoms with Crippen LogP contribution in [-0.2, 0) is 20.8 Å². The zero-order chi connectivity index (χ0) is 20.6. The Hall–Kier alpha value is -1.48. The van der Waals surface area contributed by atoms with Crippen molar-refractivity contribution in [1.82, 2.24) is 14.5 Å². The molecule has 2 aromatic rings. The van der Waals surface area contributed by atoms with E-state index in [1.807, 2.05) is 56.8 Å². The van der Waals surface area contributed by atoms with Crippen LogP contribution in [0.1, 0.15) is 27.7 Å². The molecule has 0 radical (unpaired) electrons. The standard InChI is InChI=1S/C20H32BN3O3Si/c1-19(2)20(3,4)27-21(26-19)16-8-9-17(23-14-16)18-22-10-11-24(18)15-25-12-13-28(5,6)7/h8-11,14H,12-13,15H2,1-7H3. The Morgan fingerprint density at radius 1 is 1.07 bits per heavy atom. The van der Waals surface area contributed by atoms with Crippen molar-refractivity contribution < 1.29 is 14.0 Å². The second kappa shape index (κ2) is 7.74. The first-order valence-corrected chi connectivity index (χ1v) is 13.6. The number of ether oxygens (including phenoxy) is 1. The van der Waals surface area contributed by atoms with E-state index >= 15 is 0 Å². The maximum Gasteiger partial charge on any atom is 0.496 e. The summed E-state index contributed by atoms with van der Waals surface area (Å²) in [6.45, 7) is 16.5. The fourth-order valence-corrected chi connectivity index (χ4v) is 3.60. The van der Waals surface area contributed by atoms with Crippen molar-refractivity contribution >= 4 is 20.7 Å². The first-order chi connectivity index (χ1) is 13.0. The van der Waals surface area contributed by atoms with Gasteiger partial charge in [-0.1, -0.05) is 25.7 Å². The van der Waals surface area contributed by atoms with Crippen LogP contribution in [0, 0.1) is 0 Å². The minimum absolute atomic E-state index is 0.361. The van der Waals surface area contributed by atoms with Crippen LogP contribution in [0.3, 0.4) is 0 Å². The van der Waals surface area contributed by atoms with Gasteiger partial charge in [0.05, 0.1) is 11.2 Å². The van der Waals surface area contributed by atoms with Gasteiger partial charge in [-0.05, 0) is 39.8 Å². The maximum atomic E-state index is 6.10. The number of hydrogen-bond acceptors (Lipinski definition) is 5. The lowest BCUT2D eigenvalue weighted by molar-refractivity contribution is 0.00578. The fourth-order valence-electron chi connectivity index (χ4n) is 2.84. The summed E-state index contributed by atoms with van der Waals surface area (Å²) >= 11 is 0. The highest BCUT2D eigenvalue weighted by Gasteiger charge is 2.51. The highest BCUT2D eigenvalue weighted by atomic mass is 28.3. The number of aromatic nitrogens is 3. The Kier molecular flexibility index (Phi) is 5.87. The van der Waals surface area contributed by atoms with Crippen LogP contribution >= 0.6 is 0 Å². The molecule has 3 rings (SSSR count). The summed E-state index contributed by atoms with van der Waals surface area (Å²) in [5.74, 6) is 0.800. The monoisotopic (exact) mass is 401 g/mol. The molecular weight excluding hydrogens is 369 g/mol. The van der Waals surface area contributed by atoms with Crippen LogP contribution in [0.15, 0.2) is 30.7 Å². The van der Waals surface area contributed by atoms with E-state index in [0.717, 1.165) is 29.6 Å². The summed E-state index contributed by atoms with van der Waals surface area (Å²) in [4.78, 5) is 9.05. The molecule has 28 heavy (non-hydrogen) atoms. The van der Waals surface area contributed by atoms with Crippen molar-refractivity contribution in [2.24, 2.45) is 0 Å². The lowest BCUT2D eigenvalue weighted by atomic mass is 9.80. The molecule has 0 saturated carbocycles. The summed E-state index contributed by atoms with van der Waals surface area (Å²) in [5, 5.41) is 0. The highest BCUT2D eigenvalue weighted by Crippen LogP contribution is 2.36. The largest absolute Gasteiger partial charge is 0.496 e. The van der Waals surface area contributed by atoms with Crippen molar-refractivity contribution in [2.45, 2.75) is 71.3 Å². The van der Waals surface area contributed by atoms with Gasteiger partial charge in [-0.25, -0.2) is 4.98 Å². The zero-order valence-electron chi connectivity index (χ0n) is 18.2. The first kappa shape index (κ1) is 21.2. The van der Waals surface area contributed by atoms with E-state index in [1.165, 1.54) is 0 Å². The van der Waals surface area contributed by atoms with E-state index in [1.54, 1.807) is 6.20 Å². The van der Waals surface area contributed by atoms with Crippen molar-refractivity contribution in [1.29, 1.82) is 0 Å². The molecule has 1 saturated heterocycles. The minimum atomic E-state index is -1.08. The molecule has 0 unspecified atom stereocenters. The van der Waals surface area contributed by atoms with Gasteiger partial charge in [0.2, 0.25) is 0 Å². The van der Waals surface area contributed by atoms with Crippen LogP contribution in [0.2, 0.25) is 25.7 Å². The zero-order valence-corrected chi connectivity index (χ0v) is 19.2. The average Bonchev–Trinajstić information content (AvgIpc) is 3.13. The van der Waals surface area contributed by atoms with Gasteiger partial charge in [0.25, 0.3) is 0 Å². The van der Waals surface area contributed by atoms with Crippen LogP contribution < -0.4 is 5.46 Å². The molecule has 0 spiro atoms. The second-order valence-electron chi connectivity index (χ2n) is 9.63. The summed E-state index contributed by atoms with van der Waals surface area (Å²) in [6, 6.07) is 5.11. The van der Waals surface area contributed by atoms with E-state index in [2.05, 4.69) is 29.6 Å². The van der Waals surface area contributed by atoms with Gasteiger partial charge in [0, 0.05) is 38.7 Å². The van der Waals surface area contributed by atoms with Crippen molar-refractivity contribution in [3.8, 4) is 11.5 Å². The van der Waals surface area contributed by atoms with Gasteiger partial charge >= 0.3 is 7.12 Å². The number of hydrogen-bond donors (Lipinski definition) is 0. The molecule has 1 aliphatic rings. The van der Waals surface area contributed by atoms with Gasteiger partial charge in [0.15, 0.2) is 5.82 Å². The normalized spacial score (nSPS) is 18.6. The fraction of sp³-hybridized carbons (Fsp3) is 0.600. The molecule has 152 valence electrons. The van der Waals surface area contributed by atoms with Crippen molar-refractivity contribution in [2.75, 3.05) is 6.61 Å². The Morgan fingerprint density at radius 3 is 2.32 bits per heavy atom. The van der Waals surface area contributed by atoms with E-state index < -0.39 is 15.2 Å². The predicted molar refractivity (Wildman–Crippen MR) is 115 cm³/mol. The summed E-state index contributed by atoms with van der Waals surface area (Å²) in [7, 11) is -1.49. The Morgan fingerprint density at radius 2 is 1.75 bits per heavy atom. The molecule has 3 heterocycles. The van der Waals surface area contributed by atoms with E-state index in [4.69, 9.17) is 14.0 Å². The van der Waals surface area contributed by atoms with Gasteiger partial charge < -0.3 is 18.6 Å². The SMILES string of the molecule is CC1(C)OB(c2ccc(-c3nccn3COCC[Si](C)(C)C)nc2)OC1(C)C. The summed E-state index contributed by atoms with van der Waals surface area (Å²) in [6.07, 6.45) is 5.51.